The third-order valence-electron chi connectivity index (χ3n) is 2.90. The van der Waals surface area contributed by atoms with Gasteiger partial charge in [0.05, 0.1) is 11.6 Å². The van der Waals surface area contributed by atoms with Crippen molar-refractivity contribution in [3.05, 3.63) is 70.8 Å². The van der Waals surface area contributed by atoms with Crippen molar-refractivity contribution in [2.75, 3.05) is 0 Å². The molecule has 0 bridgehead atoms. The maximum atomic E-state index is 13.7. The molecule has 0 saturated carbocycles. The Balaban J connectivity index is 2.50. The first-order valence-electron chi connectivity index (χ1n) is 5.67. The van der Waals surface area contributed by atoms with Gasteiger partial charge >= 0.3 is 6.18 Å². The summed E-state index contributed by atoms with van der Waals surface area (Å²) >= 11 is 0. The Bertz CT molecular complexity index is 621. The van der Waals surface area contributed by atoms with Crippen molar-refractivity contribution in [1.29, 1.82) is 0 Å². The van der Waals surface area contributed by atoms with Gasteiger partial charge in [-0.1, -0.05) is 18.2 Å². The molecule has 1 atom stereocenters. The molecule has 0 aliphatic carbocycles. The molecule has 0 aromatic heterocycles. The quantitative estimate of drug-likeness (QED) is 0.829. The second-order valence-electron chi connectivity index (χ2n) is 4.23. The average molecular weight is 287 g/mol. The van der Waals surface area contributed by atoms with E-state index in [0.717, 1.165) is 6.07 Å². The van der Waals surface area contributed by atoms with Crippen molar-refractivity contribution in [1.82, 2.24) is 0 Å². The van der Waals surface area contributed by atoms with Crippen molar-refractivity contribution >= 4 is 0 Å². The summed E-state index contributed by atoms with van der Waals surface area (Å²) in [4.78, 5) is 0. The van der Waals surface area contributed by atoms with Crippen LogP contribution in [-0.4, -0.2) is 0 Å². The summed E-state index contributed by atoms with van der Waals surface area (Å²) < 4.78 is 65.0. The highest BCUT2D eigenvalue weighted by molar-refractivity contribution is 5.36. The van der Waals surface area contributed by atoms with Gasteiger partial charge in [-0.15, -0.1) is 0 Å². The number of hydrogen-bond acceptors (Lipinski definition) is 1. The first-order valence-corrected chi connectivity index (χ1v) is 5.67. The highest BCUT2D eigenvalue weighted by atomic mass is 19.4. The van der Waals surface area contributed by atoms with Crippen LogP contribution in [0.15, 0.2) is 42.5 Å². The molecule has 0 spiro atoms. The molecule has 0 heterocycles. The van der Waals surface area contributed by atoms with E-state index in [4.69, 9.17) is 5.73 Å². The van der Waals surface area contributed by atoms with E-state index in [1.54, 1.807) is 0 Å². The Kier molecular flexibility index (Phi) is 3.76. The lowest BCUT2D eigenvalue weighted by Crippen LogP contribution is -2.17. The van der Waals surface area contributed by atoms with Gasteiger partial charge in [0.1, 0.15) is 11.6 Å². The number of nitrogens with two attached hydrogens (primary N) is 1. The Morgan fingerprint density at radius 1 is 0.850 bits per heavy atom. The number of alkyl halides is 3. The van der Waals surface area contributed by atoms with Gasteiger partial charge < -0.3 is 5.73 Å². The average Bonchev–Trinajstić information content (AvgIpc) is 2.37. The normalized spacial score (nSPS) is 13.3. The third kappa shape index (κ3) is 2.80. The van der Waals surface area contributed by atoms with Crippen molar-refractivity contribution in [2.24, 2.45) is 5.73 Å². The first-order chi connectivity index (χ1) is 9.30. The van der Waals surface area contributed by atoms with Crippen molar-refractivity contribution < 1.29 is 22.0 Å². The van der Waals surface area contributed by atoms with Gasteiger partial charge in [0.25, 0.3) is 0 Å². The molecular formula is C14H10F5N. The summed E-state index contributed by atoms with van der Waals surface area (Å²) in [6.45, 7) is 0. The van der Waals surface area contributed by atoms with Crippen LogP contribution in [0, 0.1) is 11.6 Å². The van der Waals surface area contributed by atoms with Crippen molar-refractivity contribution in [3.63, 3.8) is 0 Å². The van der Waals surface area contributed by atoms with E-state index in [1.807, 2.05) is 0 Å². The van der Waals surface area contributed by atoms with E-state index < -0.39 is 35.0 Å². The Morgan fingerprint density at radius 2 is 1.45 bits per heavy atom. The summed E-state index contributed by atoms with van der Waals surface area (Å²) in [7, 11) is 0. The predicted molar refractivity (Wildman–Crippen MR) is 63.8 cm³/mol. The molecule has 0 radical (unpaired) electrons. The third-order valence-corrected chi connectivity index (χ3v) is 2.90. The van der Waals surface area contributed by atoms with Gasteiger partial charge in [-0.05, 0) is 24.3 Å². The Hall–Kier alpha value is -1.95. The molecule has 2 aromatic rings. The molecule has 6 heteroatoms. The lowest BCUT2D eigenvalue weighted by atomic mass is 9.97. The van der Waals surface area contributed by atoms with Crippen LogP contribution < -0.4 is 5.73 Å². The van der Waals surface area contributed by atoms with Crippen LogP contribution in [-0.2, 0) is 6.18 Å². The smallest absolute Gasteiger partial charge is 0.320 e. The van der Waals surface area contributed by atoms with Crippen LogP contribution in [0.25, 0.3) is 0 Å². The molecule has 0 amide bonds. The summed E-state index contributed by atoms with van der Waals surface area (Å²) in [6.07, 6.45) is -4.61. The largest absolute Gasteiger partial charge is 0.416 e. The lowest BCUT2D eigenvalue weighted by molar-refractivity contribution is -0.137. The van der Waals surface area contributed by atoms with Gasteiger partial charge in [-0.3, -0.25) is 0 Å². The standard InChI is InChI=1S/C14H10F5N/c15-11-4-2-1-3-9(11)13(20)10-7-8(14(17,18)19)5-6-12(10)16/h1-7,13H,20H2. The minimum atomic E-state index is -4.61. The maximum absolute atomic E-state index is 13.7. The zero-order chi connectivity index (χ0) is 14.9. The van der Waals surface area contributed by atoms with E-state index in [9.17, 15) is 22.0 Å². The monoisotopic (exact) mass is 287 g/mol. The van der Waals surface area contributed by atoms with Gasteiger partial charge in [0.2, 0.25) is 0 Å². The Labute approximate surface area is 111 Å². The SMILES string of the molecule is NC(c1ccccc1F)c1cc(C(F)(F)F)ccc1F. The van der Waals surface area contributed by atoms with Crippen molar-refractivity contribution in [2.45, 2.75) is 12.2 Å². The van der Waals surface area contributed by atoms with Crippen LogP contribution in [0.2, 0.25) is 0 Å². The van der Waals surface area contributed by atoms with E-state index >= 15 is 0 Å². The summed E-state index contributed by atoms with van der Waals surface area (Å²) in [5.41, 5.74) is 4.19. The van der Waals surface area contributed by atoms with E-state index in [1.165, 1.54) is 18.2 Å². The van der Waals surface area contributed by atoms with E-state index in [-0.39, 0.29) is 5.56 Å². The summed E-state index contributed by atoms with van der Waals surface area (Å²) in [6, 6.07) is 5.90. The molecular weight excluding hydrogens is 277 g/mol. The minimum absolute atomic E-state index is 0.0641. The van der Waals surface area contributed by atoms with Crippen LogP contribution in [0.1, 0.15) is 22.7 Å². The fraction of sp³-hybridized carbons (Fsp3) is 0.143. The lowest BCUT2D eigenvalue weighted by Gasteiger charge is -2.16. The first kappa shape index (κ1) is 14.5. The summed E-state index contributed by atoms with van der Waals surface area (Å²) in [5.74, 6) is -1.61. The van der Waals surface area contributed by atoms with Gasteiger partial charge in [0, 0.05) is 11.1 Å². The molecule has 2 N–H and O–H groups in total. The van der Waals surface area contributed by atoms with Crippen LogP contribution in [0.5, 0.6) is 0 Å². The molecule has 20 heavy (non-hydrogen) atoms. The molecule has 2 aromatic carbocycles. The molecule has 1 nitrogen and oxygen atoms in total. The molecule has 2 rings (SSSR count). The molecule has 106 valence electrons. The number of rotatable bonds is 2. The second-order valence-corrected chi connectivity index (χ2v) is 4.23. The minimum Gasteiger partial charge on any atom is -0.320 e. The zero-order valence-corrected chi connectivity index (χ0v) is 10.1. The van der Waals surface area contributed by atoms with E-state index in [0.29, 0.717) is 18.2 Å². The number of halogens is 5. The highest BCUT2D eigenvalue weighted by Crippen LogP contribution is 2.33. The molecule has 0 aliphatic heterocycles. The van der Waals surface area contributed by atoms with Crippen molar-refractivity contribution in [3.8, 4) is 0 Å². The maximum Gasteiger partial charge on any atom is 0.416 e. The highest BCUT2D eigenvalue weighted by Gasteiger charge is 2.32. The number of benzene rings is 2. The van der Waals surface area contributed by atoms with Crippen LogP contribution >= 0.6 is 0 Å². The molecule has 0 saturated heterocycles. The second kappa shape index (κ2) is 5.20. The predicted octanol–water partition coefficient (Wildman–Crippen LogP) is 4.03. The zero-order valence-electron chi connectivity index (χ0n) is 10.1. The van der Waals surface area contributed by atoms with E-state index in [2.05, 4.69) is 0 Å². The number of hydrogen-bond donors (Lipinski definition) is 1. The van der Waals surface area contributed by atoms with Gasteiger partial charge in [-0.2, -0.15) is 13.2 Å². The fourth-order valence-corrected chi connectivity index (χ4v) is 1.85. The summed E-state index contributed by atoms with van der Waals surface area (Å²) in [5, 5.41) is 0. The van der Waals surface area contributed by atoms with Gasteiger partial charge in [0.15, 0.2) is 0 Å². The Morgan fingerprint density at radius 3 is 2.05 bits per heavy atom. The molecule has 0 aliphatic rings. The molecule has 1 unspecified atom stereocenters. The van der Waals surface area contributed by atoms with Crippen LogP contribution in [0.3, 0.4) is 0 Å². The van der Waals surface area contributed by atoms with Crippen LogP contribution in [0.4, 0.5) is 22.0 Å². The molecule has 0 fully saturated rings. The fourth-order valence-electron chi connectivity index (χ4n) is 1.85. The topological polar surface area (TPSA) is 26.0 Å². The van der Waals surface area contributed by atoms with Gasteiger partial charge in [-0.25, -0.2) is 8.78 Å².